The lowest BCUT2D eigenvalue weighted by molar-refractivity contribution is 0.259. The van der Waals surface area contributed by atoms with E-state index in [1.54, 1.807) is 18.2 Å². The van der Waals surface area contributed by atoms with Crippen LogP contribution in [0.4, 0.5) is 0 Å². The molecule has 4 nitrogen and oxygen atoms in total. The van der Waals surface area contributed by atoms with Crippen LogP contribution in [0.15, 0.2) is 36.4 Å². The Hall–Kier alpha value is -2.36. The quantitative estimate of drug-likeness (QED) is 0.882. The molecular formula is C16H16O4. The third kappa shape index (κ3) is 2.25. The van der Waals surface area contributed by atoms with Gasteiger partial charge in [-0.15, -0.1) is 0 Å². The van der Waals surface area contributed by atoms with Crippen molar-refractivity contribution in [1.29, 1.82) is 0 Å². The van der Waals surface area contributed by atoms with Gasteiger partial charge in [-0.05, 0) is 35.7 Å². The lowest BCUT2D eigenvalue weighted by Gasteiger charge is -2.26. The monoisotopic (exact) mass is 272 g/mol. The minimum atomic E-state index is 0.0920. The van der Waals surface area contributed by atoms with Gasteiger partial charge in [0.2, 0.25) is 0 Å². The minimum absolute atomic E-state index is 0.0920. The average molecular weight is 272 g/mol. The van der Waals surface area contributed by atoms with Crippen LogP contribution in [0.2, 0.25) is 0 Å². The van der Waals surface area contributed by atoms with Crippen molar-refractivity contribution in [2.24, 2.45) is 0 Å². The van der Waals surface area contributed by atoms with Crippen molar-refractivity contribution in [3.63, 3.8) is 0 Å². The minimum Gasteiger partial charge on any atom is -0.508 e. The molecule has 104 valence electrons. The lowest BCUT2D eigenvalue weighted by atomic mass is 9.90. The molecule has 2 aromatic carbocycles. The van der Waals surface area contributed by atoms with Crippen LogP contribution < -0.4 is 9.47 Å². The Labute approximate surface area is 117 Å². The number of hydrogen-bond acceptors (Lipinski definition) is 4. The van der Waals surface area contributed by atoms with Gasteiger partial charge in [0.1, 0.15) is 11.5 Å². The topological polar surface area (TPSA) is 58.9 Å². The number of aromatic hydroxyl groups is 2. The lowest BCUT2D eigenvalue weighted by Crippen LogP contribution is -2.19. The fraction of sp³-hybridized carbons (Fsp3) is 0.250. The second kappa shape index (κ2) is 4.96. The van der Waals surface area contributed by atoms with Crippen LogP contribution in [0.1, 0.15) is 17.0 Å². The fourth-order valence-corrected chi connectivity index (χ4v) is 2.52. The molecule has 2 aromatic rings. The first-order chi connectivity index (χ1) is 9.67. The zero-order valence-electron chi connectivity index (χ0n) is 11.2. The van der Waals surface area contributed by atoms with Crippen molar-refractivity contribution >= 4 is 0 Å². The van der Waals surface area contributed by atoms with Gasteiger partial charge in [-0.25, -0.2) is 0 Å². The first kappa shape index (κ1) is 12.7. The maximum absolute atomic E-state index is 9.75. The van der Waals surface area contributed by atoms with Crippen molar-refractivity contribution in [1.82, 2.24) is 0 Å². The first-order valence-electron chi connectivity index (χ1n) is 6.49. The van der Waals surface area contributed by atoms with Crippen molar-refractivity contribution in [2.75, 3.05) is 13.7 Å². The molecule has 1 aliphatic heterocycles. The summed E-state index contributed by atoms with van der Waals surface area (Å²) >= 11 is 0. The summed E-state index contributed by atoms with van der Waals surface area (Å²) in [5, 5.41) is 19.1. The summed E-state index contributed by atoms with van der Waals surface area (Å²) in [5.74, 6) is 1.75. The van der Waals surface area contributed by atoms with Gasteiger partial charge in [0.25, 0.3) is 0 Å². The molecule has 0 bridgehead atoms. The summed E-state index contributed by atoms with van der Waals surface area (Å²) in [6.45, 7) is 0.559. The van der Waals surface area contributed by atoms with E-state index >= 15 is 0 Å². The van der Waals surface area contributed by atoms with E-state index in [0.717, 1.165) is 17.5 Å². The molecule has 1 aliphatic rings. The van der Waals surface area contributed by atoms with E-state index in [-0.39, 0.29) is 17.4 Å². The van der Waals surface area contributed by atoms with Crippen molar-refractivity contribution in [2.45, 2.75) is 12.3 Å². The summed E-state index contributed by atoms with van der Waals surface area (Å²) in [6.07, 6.45) is 0.816. The number of phenols is 2. The molecule has 1 heterocycles. The Balaban J connectivity index is 1.89. The number of ether oxygens (including phenoxy) is 2. The van der Waals surface area contributed by atoms with Gasteiger partial charge in [-0.3, -0.25) is 0 Å². The van der Waals surface area contributed by atoms with E-state index in [1.165, 1.54) is 7.11 Å². The van der Waals surface area contributed by atoms with Crippen LogP contribution >= 0.6 is 0 Å². The van der Waals surface area contributed by atoms with Gasteiger partial charge < -0.3 is 19.7 Å². The van der Waals surface area contributed by atoms with Crippen molar-refractivity contribution in [3.8, 4) is 23.0 Å². The highest BCUT2D eigenvalue weighted by Crippen LogP contribution is 2.39. The molecule has 0 aromatic heterocycles. The molecule has 0 spiro atoms. The maximum Gasteiger partial charge on any atom is 0.161 e. The van der Waals surface area contributed by atoms with E-state index in [4.69, 9.17) is 9.47 Å². The molecule has 4 heteroatoms. The van der Waals surface area contributed by atoms with E-state index < -0.39 is 0 Å². The normalized spacial score (nSPS) is 17.1. The van der Waals surface area contributed by atoms with Crippen molar-refractivity contribution in [3.05, 3.63) is 47.5 Å². The van der Waals surface area contributed by atoms with Crippen LogP contribution in [0.25, 0.3) is 0 Å². The number of hydrogen-bond donors (Lipinski definition) is 2. The van der Waals surface area contributed by atoms with E-state index in [2.05, 4.69) is 0 Å². The molecule has 0 radical (unpaired) electrons. The number of phenolic OH excluding ortho intramolecular Hbond substituents is 2. The molecule has 0 saturated carbocycles. The second-order valence-corrected chi connectivity index (χ2v) is 4.94. The van der Waals surface area contributed by atoms with Crippen LogP contribution in [0.3, 0.4) is 0 Å². The molecule has 0 amide bonds. The number of rotatable bonds is 2. The Kier molecular flexibility index (Phi) is 3.14. The third-order valence-electron chi connectivity index (χ3n) is 3.63. The van der Waals surface area contributed by atoms with Gasteiger partial charge in [0.15, 0.2) is 11.5 Å². The SMILES string of the molecule is COc1cc2c(cc1O)OCC(c1ccc(O)cc1)C2. The van der Waals surface area contributed by atoms with Gasteiger partial charge in [0.05, 0.1) is 13.7 Å². The second-order valence-electron chi connectivity index (χ2n) is 4.94. The van der Waals surface area contributed by atoms with Gasteiger partial charge in [-0.2, -0.15) is 0 Å². The summed E-state index contributed by atoms with van der Waals surface area (Å²) in [7, 11) is 1.53. The highest BCUT2D eigenvalue weighted by Gasteiger charge is 2.23. The molecule has 2 N–H and O–H groups in total. The maximum atomic E-state index is 9.75. The smallest absolute Gasteiger partial charge is 0.161 e. The molecular weight excluding hydrogens is 256 g/mol. The summed E-state index contributed by atoms with van der Waals surface area (Å²) in [5.41, 5.74) is 2.14. The third-order valence-corrected chi connectivity index (χ3v) is 3.63. The zero-order valence-corrected chi connectivity index (χ0v) is 11.2. The molecule has 0 saturated heterocycles. The number of fused-ring (bicyclic) bond motifs is 1. The summed E-state index contributed by atoms with van der Waals surface area (Å²) in [6, 6.07) is 10.6. The van der Waals surface area contributed by atoms with Gasteiger partial charge in [0, 0.05) is 12.0 Å². The number of methoxy groups -OCH3 is 1. The molecule has 20 heavy (non-hydrogen) atoms. The first-order valence-corrected chi connectivity index (χ1v) is 6.49. The van der Waals surface area contributed by atoms with Crippen LogP contribution in [-0.4, -0.2) is 23.9 Å². The average Bonchev–Trinajstić information content (AvgIpc) is 2.47. The number of benzene rings is 2. The molecule has 0 aliphatic carbocycles. The zero-order chi connectivity index (χ0) is 14.1. The highest BCUT2D eigenvalue weighted by atomic mass is 16.5. The fourth-order valence-electron chi connectivity index (χ4n) is 2.52. The predicted octanol–water partition coefficient (Wildman–Crippen LogP) is 2.83. The standard InChI is InChI=1S/C16H16O4/c1-19-16-7-11-6-12(9-20-15(11)8-14(16)18)10-2-4-13(17)5-3-10/h2-5,7-8,12,17-18H,6,9H2,1H3. The Morgan fingerprint density at radius 3 is 2.60 bits per heavy atom. The largest absolute Gasteiger partial charge is 0.508 e. The Morgan fingerprint density at radius 2 is 1.90 bits per heavy atom. The van der Waals surface area contributed by atoms with Gasteiger partial charge in [-0.1, -0.05) is 12.1 Å². The Bertz CT molecular complexity index is 619. The molecule has 3 rings (SSSR count). The molecule has 1 unspecified atom stereocenters. The molecule has 1 atom stereocenters. The van der Waals surface area contributed by atoms with Crippen LogP contribution in [0, 0.1) is 0 Å². The van der Waals surface area contributed by atoms with Gasteiger partial charge >= 0.3 is 0 Å². The summed E-state index contributed by atoms with van der Waals surface area (Å²) < 4.78 is 10.9. The predicted molar refractivity (Wildman–Crippen MR) is 74.7 cm³/mol. The molecule has 0 fully saturated rings. The highest BCUT2D eigenvalue weighted by molar-refractivity contribution is 5.51. The van der Waals surface area contributed by atoms with Crippen LogP contribution in [0.5, 0.6) is 23.0 Å². The van der Waals surface area contributed by atoms with Crippen LogP contribution in [-0.2, 0) is 6.42 Å². The van der Waals surface area contributed by atoms with E-state index in [9.17, 15) is 10.2 Å². The van der Waals surface area contributed by atoms with E-state index in [0.29, 0.717) is 18.1 Å². The Morgan fingerprint density at radius 1 is 1.15 bits per heavy atom. The van der Waals surface area contributed by atoms with E-state index in [1.807, 2.05) is 18.2 Å². The van der Waals surface area contributed by atoms with Crippen molar-refractivity contribution < 1.29 is 19.7 Å². The summed E-state index contributed by atoms with van der Waals surface area (Å²) in [4.78, 5) is 0.